The third kappa shape index (κ3) is 4.64. The average molecular weight is 424 g/mol. The van der Waals surface area contributed by atoms with Gasteiger partial charge >= 0.3 is 0 Å². The van der Waals surface area contributed by atoms with E-state index in [0.29, 0.717) is 29.6 Å². The zero-order chi connectivity index (χ0) is 22.0. The van der Waals surface area contributed by atoms with E-state index in [1.54, 1.807) is 41.9 Å². The molecule has 2 aromatic heterocycles. The summed E-state index contributed by atoms with van der Waals surface area (Å²) in [4.78, 5) is 4.15. The Morgan fingerprint density at radius 3 is 2.65 bits per heavy atom. The summed E-state index contributed by atoms with van der Waals surface area (Å²) in [6, 6.07) is 12.8. The van der Waals surface area contributed by atoms with E-state index < -0.39 is 11.9 Å². The summed E-state index contributed by atoms with van der Waals surface area (Å²) in [5.74, 6) is -0.446. The molecule has 0 aliphatic heterocycles. The second kappa shape index (κ2) is 8.69. The molecule has 0 amide bonds. The quantitative estimate of drug-likeness (QED) is 0.428. The van der Waals surface area contributed by atoms with Gasteiger partial charge in [-0.3, -0.25) is 0 Å². The van der Waals surface area contributed by atoms with Crippen LogP contribution >= 0.6 is 0 Å². The van der Waals surface area contributed by atoms with Crippen molar-refractivity contribution in [1.29, 1.82) is 0 Å². The largest absolute Gasteiger partial charge is 0.490 e. The topological polar surface area (TPSA) is 85.7 Å². The van der Waals surface area contributed by atoms with E-state index in [9.17, 15) is 13.9 Å². The van der Waals surface area contributed by atoms with Gasteiger partial charge < -0.3 is 15.6 Å². The normalized spacial score (nSPS) is 12.3. The lowest BCUT2D eigenvalue weighted by atomic mass is 10.0. The molecule has 6 nitrogen and oxygen atoms in total. The molecule has 0 fully saturated rings. The number of nitrogen functional groups attached to an aromatic ring is 1. The number of hydrogen-bond donors (Lipinski definition) is 2. The van der Waals surface area contributed by atoms with Gasteiger partial charge in [-0.25, -0.2) is 13.3 Å². The number of halogens is 2. The summed E-state index contributed by atoms with van der Waals surface area (Å²) in [7, 11) is 0. The molecule has 2 aromatic carbocycles. The molecule has 0 saturated heterocycles. The van der Waals surface area contributed by atoms with E-state index in [4.69, 9.17) is 10.5 Å². The minimum atomic E-state index is -0.732. The third-order valence-electron chi connectivity index (χ3n) is 5.04. The van der Waals surface area contributed by atoms with Crippen LogP contribution in [0.15, 0.2) is 54.7 Å². The molecule has 4 aromatic rings. The fraction of sp³-hybridized carbons (Fsp3) is 0.217. The van der Waals surface area contributed by atoms with E-state index in [2.05, 4.69) is 10.1 Å². The van der Waals surface area contributed by atoms with Gasteiger partial charge in [0.1, 0.15) is 5.82 Å². The van der Waals surface area contributed by atoms with Crippen molar-refractivity contribution in [2.24, 2.45) is 0 Å². The second-order valence-corrected chi connectivity index (χ2v) is 7.35. The predicted octanol–water partition coefficient (Wildman–Crippen LogP) is 4.46. The molecule has 160 valence electrons. The molecular formula is C23H22F2N4O2. The summed E-state index contributed by atoms with van der Waals surface area (Å²) in [5.41, 5.74) is 8.93. The van der Waals surface area contributed by atoms with Gasteiger partial charge in [0.15, 0.2) is 17.2 Å². The molecule has 0 radical (unpaired) electrons. The Morgan fingerprint density at radius 1 is 1.10 bits per heavy atom. The number of pyridine rings is 1. The maximum absolute atomic E-state index is 14.6. The van der Waals surface area contributed by atoms with Crippen molar-refractivity contribution in [2.75, 3.05) is 12.3 Å². The van der Waals surface area contributed by atoms with Crippen LogP contribution in [-0.4, -0.2) is 26.3 Å². The number of ether oxygens (including phenoxy) is 1. The minimum absolute atomic E-state index is 0.145. The lowest BCUT2D eigenvalue weighted by Crippen LogP contribution is -2.04. The number of aliphatic hydroxyl groups excluding tert-OH is 1. The van der Waals surface area contributed by atoms with E-state index in [1.807, 2.05) is 12.1 Å². The van der Waals surface area contributed by atoms with Crippen LogP contribution in [0, 0.1) is 18.6 Å². The Morgan fingerprint density at radius 2 is 1.87 bits per heavy atom. The summed E-state index contributed by atoms with van der Waals surface area (Å²) < 4.78 is 34.8. The van der Waals surface area contributed by atoms with Gasteiger partial charge in [0.25, 0.3) is 0 Å². The number of aliphatic hydroxyl groups is 1. The molecule has 31 heavy (non-hydrogen) atoms. The average Bonchev–Trinajstić information content (AvgIpc) is 3.13. The lowest BCUT2D eigenvalue weighted by molar-refractivity contribution is 0.154. The van der Waals surface area contributed by atoms with Gasteiger partial charge in [0.05, 0.1) is 12.7 Å². The maximum atomic E-state index is 14.6. The molecule has 0 saturated carbocycles. The lowest BCUT2D eigenvalue weighted by Gasteiger charge is -2.14. The molecule has 2 heterocycles. The zero-order valence-corrected chi connectivity index (χ0v) is 16.9. The van der Waals surface area contributed by atoms with Crippen molar-refractivity contribution in [2.45, 2.75) is 25.9 Å². The molecule has 4 rings (SSSR count). The first-order valence-electron chi connectivity index (χ1n) is 9.89. The van der Waals surface area contributed by atoms with Crippen LogP contribution in [0.2, 0.25) is 0 Å². The van der Waals surface area contributed by atoms with E-state index in [0.717, 1.165) is 11.1 Å². The van der Waals surface area contributed by atoms with E-state index >= 15 is 0 Å². The highest BCUT2D eigenvalue weighted by molar-refractivity contribution is 5.69. The fourth-order valence-electron chi connectivity index (χ4n) is 3.40. The Kier molecular flexibility index (Phi) is 5.81. The molecule has 0 spiro atoms. The monoisotopic (exact) mass is 424 g/mol. The Hall–Kier alpha value is -3.52. The number of rotatable bonds is 7. The van der Waals surface area contributed by atoms with Crippen molar-refractivity contribution in [1.82, 2.24) is 14.6 Å². The molecule has 0 bridgehead atoms. The first-order valence-corrected chi connectivity index (χ1v) is 9.89. The number of hydrogen-bond acceptors (Lipinski definition) is 5. The molecule has 0 aliphatic rings. The Bertz CT molecular complexity index is 1210. The maximum Gasteiger partial charge on any atom is 0.240 e. The number of fused-ring (bicyclic) bond motifs is 1. The van der Waals surface area contributed by atoms with Gasteiger partial charge in [0, 0.05) is 6.20 Å². The number of aryl methyl sites for hydroxylation is 1. The standard InChI is InChI=1S/C23H22F2N4O2/c1-14-11-17(16-8-9-29-21(13-16)27-23(26)28-29)12-20(22(14)25)31-10-2-3-19(30)15-4-6-18(24)7-5-15/h4-9,11-13,19,30H,2-3,10H2,1H3,(H2,26,28). The number of anilines is 1. The third-order valence-corrected chi connectivity index (χ3v) is 5.04. The summed E-state index contributed by atoms with van der Waals surface area (Å²) in [6.07, 6.45) is 1.93. The van der Waals surface area contributed by atoms with Crippen molar-refractivity contribution in [3.05, 3.63) is 77.5 Å². The van der Waals surface area contributed by atoms with Crippen LogP contribution in [0.5, 0.6) is 5.75 Å². The fourth-order valence-corrected chi connectivity index (χ4v) is 3.40. The van der Waals surface area contributed by atoms with Crippen molar-refractivity contribution < 1.29 is 18.6 Å². The molecule has 1 unspecified atom stereocenters. The van der Waals surface area contributed by atoms with Crippen molar-refractivity contribution in [3.63, 3.8) is 0 Å². The SMILES string of the molecule is Cc1cc(-c2ccn3nc(N)nc3c2)cc(OCCCC(O)c2ccc(F)cc2)c1F. The number of aromatic nitrogens is 3. The number of benzene rings is 2. The minimum Gasteiger partial charge on any atom is -0.490 e. The van der Waals surface area contributed by atoms with Gasteiger partial charge in [-0.05, 0) is 78.4 Å². The van der Waals surface area contributed by atoms with Crippen LogP contribution < -0.4 is 10.5 Å². The van der Waals surface area contributed by atoms with Crippen molar-refractivity contribution in [3.8, 4) is 16.9 Å². The molecular weight excluding hydrogens is 402 g/mol. The van der Waals surface area contributed by atoms with Gasteiger partial charge in [0.2, 0.25) is 5.95 Å². The number of nitrogens with two attached hydrogens (primary N) is 1. The number of nitrogens with zero attached hydrogens (tertiary/aromatic N) is 3. The smallest absolute Gasteiger partial charge is 0.240 e. The highest BCUT2D eigenvalue weighted by Gasteiger charge is 2.13. The second-order valence-electron chi connectivity index (χ2n) is 7.35. The molecule has 0 aliphatic carbocycles. The predicted molar refractivity (Wildman–Crippen MR) is 114 cm³/mol. The summed E-state index contributed by atoms with van der Waals surface area (Å²) in [6.45, 7) is 1.91. The summed E-state index contributed by atoms with van der Waals surface area (Å²) >= 11 is 0. The Labute approximate surface area is 177 Å². The van der Waals surface area contributed by atoms with Crippen LogP contribution in [0.4, 0.5) is 14.7 Å². The van der Waals surface area contributed by atoms with E-state index in [1.165, 1.54) is 12.1 Å². The molecule has 1 atom stereocenters. The van der Waals surface area contributed by atoms with Crippen LogP contribution in [-0.2, 0) is 0 Å². The molecule has 3 N–H and O–H groups in total. The van der Waals surface area contributed by atoms with Crippen LogP contribution in [0.25, 0.3) is 16.8 Å². The highest BCUT2D eigenvalue weighted by atomic mass is 19.1. The highest BCUT2D eigenvalue weighted by Crippen LogP contribution is 2.30. The van der Waals surface area contributed by atoms with Crippen molar-refractivity contribution >= 4 is 11.6 Å². The first-order chi connectivity index (χ1) is 14.9. The Balaban J connectivity index is 1.44. The van der Waals surface area contributed by atoms with Gasteiger partial charge in [-0.1, -0.05) is 12.1 Å². The summed E-state index contributed by atoms with van der Waals surface area (Å²) in [5, 5.41) is 14.3. The zero-order valence-electron chi connectivity index (χ0n) is 16.9. The van der Waals surface area contributed by atoms with Crippen LogP contribution in [0.1, 0.15) is 30.1 Å². The van der Waals surface area contributed by atoms with E-state index in [-0.39, 0.29) is 24.1 Å². The van der Waals surface area contributed by atoms with Gasteiger partial charge in [-0.2, -0.15) is 4.98 Å². The van der Waals surface area contributed by atoms with Crippen LogP contribution in [0.3, 0.4) is 0 Å². The first kappa shape index (κ1) is 20.7. The molecule has 8 heteroatoms. The van der Waals surface area contributed by atoms with Gasteiger partial charge in [-0.15, -0.1) is 5.10 Å².